The van der Waals surface area contributed by atoms with Crippen LogP contribution in [-0.2, 0) is 12.8 Å². The third-order valence-corrected chi connectivity index (χ3v) is 3.70. The zero-order chi connectivity index (χ0) is 15.9. The molecule has 0 saturated carbocycles. The molecule has 0 saturated heterocycles. The first kappa shape index (κ1) is 16.2. The summed E-state index contributed by atoms with van der Waals surface area (Å²) >= 11 is 5.28. The number of anilines is 1. The molecule has 0 heterocycles. The second kappa shape index (κ2) is 7.71. The SMILES string of the molecule is CCc1cccc(CC)c1NC(=S)NC(=O)c1ccccc1. The van der Waals surface area contributed by atoms with Crippen LogP contribution in [0.25, 0.3) is 0 Å². The van der Waals surface area contributed by atoms with Crippen molar-refractivity contribution in [3.05, 3.63) is 65.2 Å². The third-order valence-electron chi connectivity index (χ3n) is 3.50. The lowest BCUT2D eigenvalue weighted by molar-refractivity contribution is 0.0977. The summed E-state index contributed by atoms with van der Waals surface area (Å²) in [5.74, 6) is -0.204. The molecule has 2 N–H and O–H groups in total. The summed E-state index contributed by atoms with van der Waals surface area (Å²) < 4.78 is 0. The van der Waals surface area contributed by atoms with Gasteiger partial charge in [-0.15, -0.1) is 0 Å². The molecular formula is C18H20N2OS. The van der Waals surface area contributed by atoms with Gasteiger partial charge in [0.2, 0.25) is 0 Å². The fraction of sp³-hybridized carbons (Fsp3) is 0.222. The summed E-state index contributed by atoms with van der Waals surface area (Å²) in [5.41, 5.74) is 3.98. The van der Waals surface area contributed by atoms with Gasteiger partial charge in [-0.1, -0.05) is 50.2 Å². The molecule has 0 aliphatic carbocycles. The summed E-state index contributed by atoms with van der Waals surface area (Å²) in [7, 11) is 0. The number of hydrogen-bond acceptors (Lipinski definition) is 2. The maximum atomic E-state index is 12.1. The molecule has 0 radical (unpaired) electrons. The van der Waals surface area contributed by atoms with Crippen LogP contribution in [0.2, 0.25) is 0 Å². The van der Waals surface area contributed by atoms with Crippen LogP contribution < -0.4 is 10.6 Å². The maximum Gasteiger partial charge on any atom is 0.257 e. The second-order valence-electron chi connectivity index (χ2n) is 4.93. The van der Waals surface area contributed by atoms with Gasteiger partial charge in [-0.3, -0.25) is 10.1 Å². The van der Waals surface area contributed by atoms with E-state index >= 15 is 0 Å². The molecule has 1 amide bonds. The van der Waals surface area contributed by atoms with Crippen LogP contribution >= 0.6 is 12.2 Å². The highest BCUT2D eigenvalue weighted by Crippen LogP contribution is 2.22. The molecule has 4 heteroatoms. The van der Waals surface area contributed by atoms with Gasteiger partial charge in [-0.25, -0.2) is 0 Å². The fourth-order valence-corrected chi connectivity index (χ4v) is 2.51. The summed E-state index contributed by atoms with van der Waals surface area (Å²) in [6, 6.07) is 15.2. The Morgan fingerprint density at radius 3 is 2.09 bits per heavy atom. The Kier molecular flexibility index (Phi) is 5.67. The van der Waals surface area contributed by atoms with Gasteiger partial charge in [-0.2, -0.15) is 0 Å². The number of nitrogens with one attached hydrogen (secondary N) is 2. The number of benzene rings is 2. The molecule has 0 aliphatic rings. The van der Waals surface area contributed by atoms with Gasteiger partial charge >= 0.3 is 0 Å². The van der Waals surface area contributed by atoms with E-state index in [9.17, 15) is 4.79 Å². The van der Waals surface area contributed by atoms with E-state index < -0.39 is 0 Å². The first-order chi connectivity index (χ1) is 10.7. The number of carbonyl (C=O) groups is 1. The van der Waals surface area contributed by atoms with E-state index in [0.717, 1.165) is 18.5 Å². The lowest BCUT2D eigenvalue weighted by Crippen LogP contribution is -2.34. The highest BCUT2D eigenvalue weighted by molar-refractivity contribution is 7.80. The van der Waals surface area contributed by atoms with E-state index in [1.165, 1.54) is 11.1 Å². The van der Waals surface area contributed by atoms with Crippen molar-refractivity contribution < 1.29 is 4.79 Å². The highest BCUT2D eigenvalue weighted by Gasteiger charge is 2.11. The number of hydrogen-bond donors (Lipinski definition) is 2. The highest BCUT2D eigenvalue weighted by atomic mass is 32.1. The molecule has 0 atom stereocenters. The van der Waals surface area contributed by atoms with E-state index in [1.54, 1.807) is 12.1 Å². The van der Waals surface area contributed by atoms with E-state index in [2.05, 4.69) is 42.7 Å². The zero-order valence-electron chi connectivity index (χ0n) is 12.8. The van der Waals surface area contributed by atoms with Crippen LogP contribution in [0.1, 0.15) is 35.3 Å². The average Bonchev–Trinajstić information content (AvgIpc) is 2.55. The van der Waals surface area contributed by atoms with Crippen LogP contribution in [0.4, 0.5) is 5.69 Å². The zero-order valence-corrected chi connectivity index (χ0v) is 13.7. The first-order valence-corrected chi connectivity index (χ1v) is 7.84. The minimum absolute atomic E-state index is 0.204. The molecule has 2 aromatic rings. The smallest absolute Gasteiger partial charge is 0.257 e. The van der Waals surface area contributed by atoms with Gasteiger partial charge in [0, 0.05) is 11.3 Å². The number of thiocarbonyl (C=S) groups is 1. The Hall–Kier alpha value is -2.20. The van der Waals surface area contributed by atoms with Crippen LogP contribution in [-0.4, -0.2) is 11.0 Å². The van der Waals surface area contributed by atoms with Crippen molar-refractivity contribution in [1.82, 2.24) is 5.32 Å². The van der Waals surface area contributed by atoms with Crippen molar-refractivity contribution in [2.24, 2.45) is 0 Å². The van der Waals surface area contributed by atoms with Gasteiger partial charge in [0.15, 0.2) is 5.11 Å². The van der Waals surface area contributed by atoms with Crippen molar-refractivity contribution in [2.45, 2.75) is 26.7 Å². The minimum Gasteiger partial charge on any atom is -0.332 e. The van der Waals surface area contributed by atoms with Gasteiger partial charge in [0.1, 0.15) is 0 Å². The van der Waals surface area contributed by atoms with E-state index in [-0.39, 0.29) is 5.91 Å². The van der Waals surface area contributed by atoms with Crippen molar-refractivity contribution in [3.8, 4) is 0 Å². The Morgan fingerprint density at radius 2 is 1.55 bits per heavy atom. The molecule has 114 valence electrons. The molecule has 0 aromatic heterocycles. The Morgan fingerprint density at radius 1 is 0.955 bits per heavy atom. The Bertz CT molecular complexity index is 646. The topological polar surface area (TPSA) is 41.1 Å². The summed E-state index contributed by atoms with van der Waals surface area (Å²) in [4.78, 5) is 12.1. The predicted octanol–water partition coefficient (Wildman–Crippen LogP) is 3.94. The van der Waals surface area contributed by atoms with Gasteiger partial charge in [0.05, 0.1) is 0 Å². The molecule has 0 aliphatic heterocycles. The molecule has 2 aromatic carbocycles. The lowest BCUT2D eigenvalue weighted by Gasteiger charge is -2.16. The molecule has 2 rings (SSSR count). The fourth-order valence-electron chi connectivity index (χ4n) is 2.31. The number of aryl methyl sites for hydroxylation is 2. The maximum absolute atomic E-state index is 12.1. The standard InChI is InChI=1S/C18H20N2OS/c1-3-13-11-8-12-14(4-2)16(13)19-18(22)20-17(21)15-9-6-5-7-10-15/h5-12H,3-4H2,1-2H3,(H2,19,20,21,22). The van der Waals surface area contributed by atoms with Crippen LogP contribution in [0.3, 0.4) is 0 Å². The van der Waals surface area contributed by atoms with Crippen LogP contribution in [0.5, 0.6) is 0 Å². The lowest BCUT2D eigenvalue weighted by atomic mass is 10.0. The number of para-hydroxylation sites is 1. The first-order valence-electron chi connectivity index (χ1n) is 7.43. The summed E-state index contributed by atoms with van der Waals surface area (Å²) in [5, 5.41) is 6.23. The van der Waals surface area contributed by atoms with E-state index in [0.29, 0.717) is 10.7 Å². The summed E-state index contributed by atoms with van der Waals surface area (Å²) in [6.45, 7) is 4.21. The van der Waals surface area contributed by atoms with E-state index in [1.807, 2.05) is 18.2 Å². The predicted molar refractivity (Wildman–Crippen MR) is 95.3 cm³/mol. The van der Waals surface area contributed by atoms with Gasteiger partial charge < -0.3 is 5.32 Å². The van der Waals surface area contributed by atoms with Crippen molar-refractivity contribution in [3.63, 3.8) is 0 Å². The van der Waals surface area contributed by atoms with Crippen LogP contribution in [0.15, 0.2) is 48.5 Å². The van der Waals surface area contributed by atoms with Crippen molar-refractivity contribution in [2.75, 3.05) is 5.32 Å². The molecule has 0 bridgehead atoms. The molecule has 3 nitrogen and oxygen atoms in total. The third kappa shape index (κ3) is 3.92. The second-order valence-corrected chi connectivity index (χ2v) is 5.34. The quantitative estimate of drug-likeness (QED) is 0.840. The molecule has 0 unspecified atom stereocenters. The largest absolute Gasteiger partial charge is 0.332 e. The van der Waals surface area contributed by atoms with Crippen molar-refractivity contribution >= 4 is 28.9 Å². The minimum atomic E-state index is -0.204. The molecule has 0 spiro atoms. The number of amides is 1. The number of rotatable bonds is 4. The van der Waals surface area contributed by atoms with E-state index in [4.69, 9.17) is 12.2 Å². The van der Waals surface area contributed by atoms with Crippen molar-refractivity contribution in [1.29, 1.82) is 0 Å². The Balaban J connectivity index is 2.11. The molecule has 0 fully saturated rings. The average molecular weight is 312 g/mol. The molecule has 22 heavy (non-hydrogen) atoms. The van der Waals surface area contributed by atoms with Gasteiger partial charge in [-0.05, 0) is 48.3 Å². The summed E-state index contributed by atoms with van der Waals surface area (Å²) in [6.07, 6.45) is 1.82. The Labute approximate surface area is 136 Å². The molecular weight excluding hydrogens is 292 g/mol. The monoisotopic (exact) mass is 312 g/mol. The number of carbonyl (C=O) groups excluding carboxylic acids is 1. The normalized spacial score (nSPS) is 10.1. The van der Waals surface area contributed by atoms with Crippen LogP contribution in [0, 0.1) is 0 Å². The van der Waals surface area contributed by atoms with Gasteiger partial charge in [0.25, 0.3) is 5.91 Å².